The van der Waals surface area contributed by atoms with E-state index in [4.69, 9.17) is 0 Å². The van der Waals surface area contributed by atoms with Gasteiger partial charge in [-0.3, -0.25) is 9.48 Å². The summed E-state index contributed by atoms with van der Waals surface area (Å²) in [6.07, 6.45) is 4.60. The van der Waals surface area contributed by atoms with Crippen LogP contribution in [0.15, 0.2) is 61.2 Å². The normalized spacial score (nSPS) is 10.8. The van der Waals surface area contributed by atoms with Gasteiger partial charge in [-0.2, -0.15) is 5.10 Å². The highest BCUT2D eigenvalue weighted by molar-refractivity contribution is 5.91. The minimum atomic E-state index is -1.10. The number of carbonyl (C=O) groups is 1. The molecule has 0 fully saturated rings. The van der Waals surface area contributed by atoms with Crippen LogP contribution in [0.1, 0.15) is 0 Å². The first kappa shape index (κ1) is 17.5. The second-order valence-electron chi connectivity index (χ2n) is 5.94. The quantitative estimate of drug-likeness (QED) is 0.554. The number of anilines is 3. The zero-order chi connectivity index (χ0) is 19.5. The highest BCUT2D eigenvalue weighted by atomic mass is 19.2. The Bertz CT molecular complexity index is 1150. The Balaban J connectivity index is 1.45. The van der Waals surface area contributed by atoms with Gasteiger partial charge in [0.15, 0.2) is 11.6 Å². The second kappa shape index (κ2) is 7.39. The topological polar surface area (TPSA) is 84.7 Å². The Labute approximate surface area is 158 Å². The van der Waals surface area contributed by atoms with Gasteiger partial charge in [0.05, 0.1) is 23.1 Å². The van der Waals surface area contributed by atoms with Crippen LogP contribution in [-0.4, -0.2) is 25.7 Å². The van der Waals surface area contributed by atoms with Crippen molar-refractivity contribution in [2.75, 3.05) is 10.6 Å². The van der Waals surface area contributed by atoms with Crippen molar-refractivity contribution in [2.24, 2.45) is 0 Å². The number of rotatable bonds is 5. The minimum Gasteiger partial charge on any atom is -0.337 e. The van der Waals surface area contributed by atoms with Crippen molar-refractivity contribution >= 4 is 34.0 Å². The third kappa shape index (κ3) is 3.63. The maximum Gasteiger partial charge on any atom is 0.246 e. The number of amides is 1. The summed E-state index contributed by atoms with van der Waals surface area (Å²) in [6, 6.07) is 11.1. The number of carbonyl (C=O) groups excluding carboxylic acids is 1. The van der Waals surface area contributed by atoms with Crippen LogP contribution in [0.4, 0.5) is 26.0 Å². The summed E-state index contributed by atoms with van der Waals surface area (Å²) in [5.74, 6) is -2.06. The summed E-state index contributed by atoms with van der Waals surface area (Å²) >= 11 is 0. The van der Waals surface area contributed by atoms with Crippen LogP contribution in [-0.2, 0) is 11.3 Å². The van der Waals surface area contributed by atoms with E-state index in [1.807, 2.05) is 24.3 Å². The molecule has 0 aliphatic carbocycles. The van der Waals surface area contributed by atoms with E-state index in [9.17, 15) is 13.6 Å². The van der Waals surface area contributed by atoms with E-state index in [1.165, 1.54) is 29.3 Å². The first-order chi connectivity index (χ1) is 13.6. The van der Waals surface area contributed by atoms with E-state index in [-0.39, 0.29) is 12.2 Å². The molecule has 0 saturated heterocycles. The molecule has 0 aliphatic rings. The number of hydrogen-bond acceptors (Lipinski definition) is 5. The molecule has 9 heteroatoms. The fourth-order valence-corrected chi connectivity index (χ4v) is 2.69. The van der Waals surface area contributed by atoms with Gasteiger partial charge in [0.25, 0.3) is 0 Å². The zero-order valence-electron chi connectivity index (χ0n) is 14.4. The molecule has 0 atom stereocenters. The molecule has 140 valence electrons. The van der Waals surface area contributed by atoms with E-state index in [2.05, 4.69) is 25.7 Å². The van der Waals surface area contributed by atoms with Gasteiger partial charge >= 0.3 is 0 Å². The van der Waals surface area contributed by atoms with E-state index < -0.39 is 17.5 Å². The smallest absolute Gasteiger partial charge is 0.246 e. The summed E-state index contributed by atoms with van der Waals surface area (Å²) in [5.41, 5.74) is 1.19. The largest absolute Gasteiger partial charge is 0.337 e. The molecular formula is C19H14F2N6O. The predicted molar refractivity (Wildman–Crippen MR) is 100 cm³/mol. The molecule has 4 aromatic rings. The Hall–Kier alpha value is -3.88. The molecule has 0 bridgehead atoms. The molecular weight excluding hydrogens is 366 g/mol. The molecule has 28 heavy (non-hydrogen) atoms. The average Bonchev–Trinajstić information content (AvgIpc) is 3.12. The lowest BCUT2D eigenvalue weighted by atomic mass is 10.2. The van der Waals surface area contributed by atoms with Crippen molar-refractivity contribution in [3.8, 4) is 0 Å². The number of nitrogens with one attached hydrogen (secondary N) is 2. The van der Waals surface area contributed by atoms with Gasteiger partial charge in [-0.05, 0) is 24.3 Å². The number of para-hydroxylation sites is 1. The van der Waals surface area contributed by atoms with Crippen molar-refractivity contribution < 1.29 is 13.6 Å². The maximum absolute atomic E-state index is 13.6. The number of fused-ring (bicyclic) bond motifs is 1. The standard InChI is InChI=1S/C19H14F2N6O/c20-14-5-3-7-16(18(14)21)26-17(28)10-27-9-12(8-24-27)25-19-13-4-1-2-6-15(13)22-11-23-19/h1-9,11H,10H2,(H,26,28)(H,22,23,25). The molecule has 7 nitrogen and oxygen atoms in total. The fraction of sp³-hybridized carbons (Fsp3) is 0.0526. The molecule has 2 aromatic carbocycles. The summed E-state index contributed by atoms with van der Waals surface area (Å²) in [6.45, 7) is -0.165. The van der Waals surface area contributed by atoms with E-state index in [1.54, 1.807) is 6.20 Å². The summed E-state index contributed by atoms with van der Waals surface area (Å²) < 4.78 is 28.2. The zero-order valence-corrected chi connectivity index (χ0v) is 14.4. The maximum atomic E-state index is 13.6. The SMILES string of the molecule is O=C(Cn1cc(Nc2ncnc3ccccc23)cn1)Nc1cccc(F)c1F. The number of nitrogens with zero attached hydrogens (tertiary/aromatic N) is 4. The monoisotopic (exact) mass is 380 g/mol. The molecule has 0 spiro atoms. The van der Waals surface area contributed by atoms with Gasteiger partial charge in [0, 0.05) is 11.6 Å². The molecule has 2 N–H and O–H groups in total. The Morgan fingerprint density at radius 3 is 2.82 bits per heavy atom. The van der Waals surface area contributed by atoms with E-state index in [0.29, 0.717) is 11.5 Å². The number of aromatic nitrogens is 4. The first-order valence-corrected chi connectivity index (χ1v) is 8.33. The van der Waals surface area contributed by atoms with Crippen LogP contribution in [0.25, 0.3) is 10.9 Å². The van der Waals surface area contributed by atoms with Gasteiger partial charge in [0.2, 0.25) is 5.91 Å². The lowest BCUT2D eigenvalue weighted by Crippen LogP contribution is -2.19. The average molecular weight is 380 g/mol. The third-order valence-electron chi connectivity index (χ3n) is 3.97. The predicted octanol–water partition coefficient (Wildman–Crippen LogP) is 3.49. The van der Waals surface area contributed by atoms with Gasteiger partial charge in [-0.25, -0.2) is 18.7 Å². The number of halogens is 2. The van der Waals surface area contributed by atoms with Crippen molar-refractivity contribution in [1.82, 2.24) is 19.7 Å². The van der Waals surface area contributed by atoms with Gasteiger partial charge in [-0.15, -0.1) is 0 Å². The minimum absolute atomic E-state index is 0.165. The van der Waals surface area contributed by atoms with E-state index >= 15 is 0 Å². The van der Waals surface area contributed by atoms with E-state index in [0.717, 1.165) is 17.0 Å². The Kier molecular flexibility index (Phi) is 4.63. The van der Waals surface area contributed by atoms with Gasteiger partial charge in [0.1, 0.15) is 18.7 Å². The van der Waals surface area contributed by atoms with Crippen molar-refractivity contribution in [2.45, 2.75) is 6.54 Å². The molecule has 2 heterocycles. The summed E-state index contributed by atoms with van der Waals surface area (Å²) in [7, 11) is 0. The van der Waals surface area contributed by atoms with Crippen molar-refractivity contribution in [3.63, 3.8) is 0 Å². The van der Waals surface area contributed by atoms with Gasteiger partial charge < -0.3 is 10.6 Å². The lowest BCUT2D eigenvalue weighted by Gasteiger charge is -2.07. The molecule has 2 aromatic heterocycles. The lowest BCUT2D eigenvalue weighted by molar-refractivity contribution is -0.116. The highest BCUT2D eigenvalue weighted by Gasteiger charge is 2.12. The number of benzene rings is 2. The van der Waals surface area contributed by atoms with Crippen molar-refractivity contribution in [1.29, 1.82) is 0 Å². The van der Waals surface area contributed by atoms with Crippen LogP contribution in [0, 0.1) is 11.6 Å². The van der Waals surface area contributed by atoms with Crippen molar-refractivity contribution in [3.05, 3.63) is 72.8 Å². The molecule has 4 rings (SSSR count). The molecule has 0 saturated carbocycles. The number of hydrogen-bond donors (Lipinski definition) is 2. The van der Waals surface area contributed by atoms with Crippen LogP contribution < -0.4 is 10.6 Å². The van der Waals surface area contributed by atoms with Crippen LogP contribution in [0.3, 0.4) is 0 Å². The second-order valence-corrected chi connectivity index (χ2v) is 5.94. The summed E-state index contributed by atoms with van der Waals surface area (Å²) in [5, 5.41) is 10.4. The van der Waals surface area contributed by atoms with Gasteiger partial charge in [-0.1, -0.05) is 18.2 Å². The molecule has 0 aliphatic heterocycles. The third-order valence-corrected chi connectivity index (χ3v) is 3.97. The molecule has 1 amide bonds. The van der Waals surface area contributed by atoms with Crippen LogP contribution in [0.5, 0.6) is 0 Å². The Morgan fingerprint density at radius 1 is 1.07 bits per heavy atom. The molecule has 0 unspecified atom stereocenters. The Morgan fingerprint density at radius 2 is 1.93 bits per heavy atom. The van der Waals surface area contributed by atoms with Crippen LogP contribution in [0.2, 0.25) is 0 Å². The highest BCUT2D eigenvalue weighted by Crippen LogP contribution is 2.22. The molecule has 0 radical (unpaired) electrons. The fourth-order valence-electron chi connectivity index (χ4n) is 2.69. The summed E-state index contributed by atoms with van der Waals surface area (Å²) in [4.78, 5) is 20.5. The first-order valence-electron chi connectivity index (χ1n) is 8.33. The van der Waals surface area contributed by atoms with Crippen LogP contribution >= 0.6 is 0 Å².